The van der Waals surface area contributed by atoms with Crippen LogP contribution in [0.2, 0.25) is 0 Å². The molecule has 0 amide bonds. The molecule has 2 aromatic heterocycles. The van der Waals surface area contributed by atoms with Crippen LogP contribution in [0.1, 0.15) is 32.1 Å². The number of H-pyrrole nitrogens is 1. The SMILES string of the molecule is COc1cccc2ccc(OCCCCC(=O)O)cc12.c1nc(N2CCCC2)c2[nH]cnc2n1. The topological polar surface area (TPSA) is 113 Å². The summed E-state index contributed by atoms with van der Waals surface area (Å²) in [5.41, 5.74) is 1.70. The summed E-state index contributed by atoms with van der Waals surface area (Å²) in [7, 11) is 1.65. The van der Waals surface area contributed by atoms with Crippen LogP contribution < -0.4 is 14.4 Å². The van der Waals surface area contributed by atoms with Crippen LogP contribution in [0.5, 0.6) is 11.5 Å². The lowest BCUT2D eigenvalue weighted by atomic mass is 10.1. The standard InChI is InChI=1S/C16H18O4.C9H11N5/c1-19-15-6-4-5-12-8-9-13(11-14(12)15)20-10-3-2-7-16(17)18;1-2-4-14(3-1)9-7-8(11-5-10-7)12-6-13-9/h4-6,8-9,11H,2-3,7,10H2,1H3,(H,17,18);5-6H,1-4H2,(H,10,11,12,13). The van der Waals surface area contributed by atoms with E-state index in [2.05, 4.69) is 24.8 Å². The largest absolute Gasteiger partial charge is 0.496 e. The maximum atomic E-state index is 10.4. The molecule has 1 aliphatic heterocycles. The number of hydrogen-bond donors (Lipinski definition) is 2. The van der Waals surface area contributed by atoms with Crippen molar-refractivity contribution in [1.82, 2.24) is 19.9 Å². The predicted octanol–water partition coefficient (Wildman–Crippen LogP) is 4.44. The second kappa shape index (κ2) is 11.3. The minimum absolute atomic E-state index is 0.189. The number of ether oxygens (including phenoxy) is 2. The number of carboxylic acid groups (broad SMARTS) is 1. The second-order valence-corrected chi connectivity index (χ2v) is 8.04. The number of hydrogen-bond acceptors (Lipinski definition) is 7. The number of nitrogens with one attached hydrogen (secondary N) is 1. The van der Waals surface area contributed by atoms with Crippen molar-refractivity contribution in [3.63, 3.8) is 0 Å². The molecule has 0 atom stereocenters. The summed E-state index contributed by atoms with van der Waals surface area (Å²) in [4.78, 5) is 28.3. The molecule has 1 aliphatic rings. The quantitative estimate of drug-likeness (QED) is 0.369. The summed E-state index contributed by atoms with van der Waals surface area (Å²) >= 11 is 0. The number of carbonyl (C=O) groups is 1. The normalized spacial score (nSPS) is 13.0. The summed E-state index contributed by atoms with van der Waals surface area (Å²) in [5.74, 6) is 1.82. The van der Waals surface area contributed by atoms with Crippen LogP contribution in [0, 0.1) is 0 Å². The lowest BCUT2D eigenvalue weighted by Gasteiger charge is -2.15. The first-order valence-electron chi connectivity index (χ1n) is 11.5. The van der Waals surface area contributed by atoms with Crippen LogP contribution in [0.3, 0.4) is 0 Å². The monoisotopic (exact) mass is 463 g/mol. The van der Waals surface area contributed by atoms with Gasteiger partial charge in [-0.2, -0.15) is 0 Å². The number of carboxylic acids is 1. The number of aromatic nitrogens is 4. The van der Waals surface area contributed by atoms with Gasteiger partial charge in [-0.25, -0.2) is 15.0 Å². The summed E-state index contributed by atoms with van der Waals surface area (Å²) in [5, 5.41) is 10.7. The van der Waals surface area contributed by atoms with E-state index >= 15 is 0 Å². The number of fused-ring (bicyclic) bond motifs is 2. The Balaban J connectivity index is 0.000000170. The molecule has 3 heterocycles. The molecule has 178 valence electrons. The van der Waals surface area contributed by atoms with Gasteiger partial charge in [-0.05, 0) is 49.3 Å². The van der Waals surface area contributed by atoms with Gasteiger partial charge in [0.2, 0.25) is 0 Å². The minimum Gasteiger partial charge on any atom is -0.496 e. The average molecular weight is 464 g/mol. The number of imidazole rings is 1. The molecule has 0 radical (unpaired) electrons. The van der Waals surface area contributed by atoms with Crippen molar-refractivity contribution in [2.24, 2.45) is 0 Å². The van der Waals surface area contributed by atoms with Gasteiger partial charge in [-0.15, -0.1) is 0 Å². The van der Waals surface area contributed by atoms with E-state index in [1.54, 1.807) is 19.8 Å². The van der Waals surface area contributed by atoms with Crippen molar-refractivity contribution in [3.8, 4) is 11.5 Å². The molecule has 0 spiro atoms. The lowest BCUT2D eigenvalue weighted by molar-refractivity contribution is -0.137. The zero-order chi connectivity index (χ0) is 23.8. The number of methoxy groups -OCH3 is 1. The summed E-state index contributed by atoms with van der Waals surface area (Å²) in [6.45, 7) is 2.70. The smallest absolute Gasteiger partial charge is 0.303 e. The van der Waals surface area contributed by atoms with Gasteiger partial charge in [0.05, 0.1) is 20.0 Å². The maximum Gasteiger partial charge on any atom is 0.303 e. The molecule has 34 heavy (non-hydrogen) atoms. The van der Waals surface area contributed by atoms with Crippen molar-refractivity contribution in [3.05, 3.63) is 49.1 Å². The minimum atomic E-state index is -0.763. The average Bonchev–Trinajstić information content (AvgIpc) is 3.56. The third-order valence-electron chi connectivity index (χ3n) is 5.70. The zero-order valence-electron chi connectivity index (χ0n) is 19.2. The van der Waals surface area contributed by atoms with E-state index in [0.29, 0.717) is 13.0 Å². The molecule has 1 fully saturated rings. The highest BCUT2D eigenvalue weighted by atomic mass is 16.5. The Morgan fingerprint density at radius 3 is 2.76 bits per heavy atom. The molecule has 0 unspecified atom stereocenters. The third-order valence-corrected chi connectivity index (χ3v) is 5.70. The molecule has 9 nitrogen and oxygen atoms in total. The molecule has 5 rings (SSSR count). The molecule has 9 heteroatoms. The van der Waals surface area contributed by atoms with Gasteiger partial charge in [0.15, 0.2) is 11.5 Å². The Hall–Kier alpha value is -3.88. The first kappa shape index (κ1) is 23.3. The molecular weight excluding hydrogens is 434 g/mol. The zero-order valence-corrected chi connectivity index (χ0v) is 19.2. The Morgan fingerprint density at radius 2 is 1.97 bits per heavy atom. The molecular formula is C25H29N5O4. The Morgan fingerprint density at radius 1 is 1.12 bits per heavy atom. The molecule has 1 saturated heterocycles. The van der Waals surface area contributed by atoms with Gasteiger partial charge < -0.3 is 24.5 Å². The van der Waals surface area contributed by atoms with Crippen molar-refractivity contribution in [1.29, 1.82) is 0 Å². The van der Waals surface area contributed by atoms with E-state index < -0.39 is 5.97 Å². The molecule has 0 saturated carbocycles. The van der Waals surface area contributed by atoms with Crippen molar-refractivity contribution < 1.29 is 19.4 Å². The molecule has 2 N–H and O–H groups in total. The summed E-state index contributed by atoms with van der Waals surface area (Å²) in [6.07, 6.45) is 7.30. The summed E-state index contributed by atoms with van der Waals surface area (Å²) in [6, 6.07) is 11.7. The number of benzene rings is 2. The van der Waals surface area contributed by atoms with E-state index in [0.717, 1.165) is 58.8 Å². The number of aliphatic carboxylic acids is 1. The van der Waals surface area contributed by atoms with E-state index in [9.17, 15) is 4.79 Å². The molecule has 0 bridgehead atoms. The van der Waals surface area contributed by atoms with Crippen molar-refractivity contribution >= 4 is 33.7 Å². The van der Waals surface area contributed by atoms with Gasteiger partial charge in [-0.3, -0.25) is 4.79 Å². The highest BCUT2D eigenvalue weighted by molar-refractivity contribution is 5.89. The van der Waals surface area contributed by atoms with Gasteiger partial charge in [0, 0.05) is 24.9 Å². The number of unbranched alkanes of at least 4 members (excludes halogenated alkanes) is 1. The van der Waals surface area contributed by atoms with Gasteiger partial charge in [0.25, 0.3) is 0 Å². The van der Waals surface area contributed by atoms with Crippen LogP contribution in [0.4, 0.5) is 5.82 Å². The number of rotatable bonds is 8. The molecule has 0 aliphatic carbocycles. The highest BCUT2D eigenvalue weighted by Crippen LogP contribution is 2.29. The third kappa shape index (κ3) is 5.72. The predicted molar refractivity (Wildman–Crippen MR) is 131 cm³/mol. The summed E-state index contributed by atoms with van der Waals surface area (Å²) < 4.78 is 11.0. The highest BCUT2D eigenvalue weighted by Gasteiger charge is 2.17. The maximum absolute atomic E-state index is 10.4. The van der Waals surface area contributed by atoms with E-state index in [1.807, 2.05) is 36.4 Å². The van der Waals surface area contributed by atoms with Gasteiger partial charge in [-0.1, -0.05) is 18.2 Å². The van der Waals surface area contributed by atoms with Crippen molar-refractivity contribution in [2.45, 2.75) is 32.1 Å². The second-order valence-electron chi connectivity index (χ2n) is 8.04. The number of aromatic amines is 1. The van der Waals surface area contributed by atoms with Crippen LogP contribution in [0.15, 0.2) is 49.1 Å². The fourth-order valence-corrected chi connectivity index (χ4v) is 3.98. The van der Waals surface area contributed by atoms with E-state index in [1.165, 1.54) is 12.8 Å². The first-order valence-corrected chi connectivity index (χ1v) is 11.5. The Bertz CT molecular complexity index is 1240. The molecule has 4 aromatic rings. The number of anilines is 1. The van der Waals surface area contributed by atoms with Crippen LogP contribution in [-0.4, -0.2) is 57.8 Å². The van der Waals surface area contributed by atoms with Crippen LogP contribution >= 0.6 is 0 Å². The lowest BCUT2D eigenvalue weighted by Crippen LogP contribution is -2.19. The van der Waals surface area contributed by atoms with E-state index in [4.69, 9.17) is 14.6 Å². The van der Waals surface area contributed by atoms with Crippen molar-refractivity contribution in [2.75, 3.05) is 31.7 Å². The fraction of sp³-hybridized carbons (Fsp3) is 0.360. The number of nitrogens with zero attached hydrogens (tertiary/aromatic N) is 4. The van der Waals surface area contributed by atoms with Gasteiger partial charge >= 0.3 is 5.97 Å². The van der Waals surface area contributed by atoms with Crippen LogP contribution in [0.25, 0.3) is 21.9 Å². The fourth-order valence-electron chi connectivity index (χ4n) is 3.98. The Labute approximate surface area is 197 Å². The Kier molecular flexibility index (Phi) is 7.75. The van der Waals surface area contributed by atoms with Gasteiger partial charge in [0.1, 0.15) is 23.3 Å². The van der Waals surface area contributed by atoms with Crippen LogP contribution in [-0.2, 0) is 4.79 Å². The van der Waals surface area contributed by atoms with E-state index in [-0.39, 0.29) is 6.42 Å². The first-order chi connectivity index (χ1) is 16.7. The molecule has 2 aromatic carbocycles.